The van der Waals surface area contributed by atoms with Crippen molar-refractivity contribution in [2.45, 2.75) is 19.0 Å². The zero-order chi connectivity index (χ0) is 26.1. The van der Waals surface area contributed by atoms with E-state index in [1.807, 2.05) is 29.7 Å². The van der Waals surface area contributed by atoms with Crippen LogP contribution in [0, 0.1) is 0 Å². The SMILES string of the molecule is O=C(NCc1ccc(C(=O)O)cc1)C1=CC(c2cnsc2)=CC2NOC(Cc3ccc4ccccc4c3)=C12. The summed E-state index contributed by atoms with van der Waals surface area (Å²) in [6.45, 7) is 0.265. The van der Waals surface area contributed by atoms with Crippen molar-refractivity contribution in [2.24, 2.45) is 0 Å². The normalized spacial score (nSPS) is 16.5. The lowest BCUT2D eigenvalue weighted by Gasteiger charge is -2.20. The first-order valence-corrected chi connectivity index (χ1v) is 13.0. The number of rotatable bonds is 7. The molecule has 1 atom stereocenters. The van der Waals surface area contributed by atoms with E-state index in [9.17, 15) is 9.59 Å². The van der Waals surface area contributed by atoms with E-state index < -0.39 is 5.97 Å². The highest BCUT2D eigenvalue weighted by Crippen LogP contribution is 2.36. The van der Waals surface area contributed by atoms with Gasteiger partial charge in [0.05, 0.1) is 11.6 Å². The number of hydrogen-bond acceptors (Lipinski definition) is 6. The lowest BCUT2D eigenvalue weighted by Crippen LogP contribution is -2.31. The summed E-state index contributed by atoms with van der Waals surface area (Å²) in [7, 11) is 0. The molecule has 1 amide bonds. The fraction of sp³-hybridized carbons (Fsp3) is 0.100. The van der Waals surface area contributed by atoms with Crippen molar-refractivity contribution in [1.82, 2.24) is 15.2 Å². The second kappa shape index (κ2) is 10.1. The van der Waals surface area contributed by atoms with Gasteiger partial charge in [-0.15, -0.1) is 5.48 Å². The number of hydrogen-bond donors (Lipinski definition) is 3. The zero-order valence-electron chi connectivity index (χ0n) is 20.2. The number of allylic oxidation sites excluding steroid dienone is 3. The van der Waals surface area contributed by atoms with E-state index in [1.54, 1.807) is 18.3 Å². The summed E-state index contributed by atoms with van der Waals surface area (Å²) < 4.78 is 4.21. The first kappa shape index (κ1) is 23.8. The summed E-state index contributed by atoms with van der Waals surface area (Å²) in [5, 5.41) is 16.4. The monoisotopic (exact) mass is 521 g/mol. The topological polar surface area (TPSA) is 101 Å². The van der Waals surface area contributed by atoms with Crippen LogP contribution in [0.5, 0.6) is 0 Å². The number of fused-ring (bicyclic) bond motifs is 2. The summed E-state index contributed by atoms with van der Waals surface area (Å²) in [5.74, 6) is -0.513. The van der Waals surface area contributed by atoms with E-state index in [0.29, 0.717) is 17.8 Å². The van der Waals surface area contributed by atoms with Gasteiger partial charge < -0.3 is 15.3 Å². The number of hydroxylamine groups is 1. The number of carboxylic acids is 1. The van der Waals surface area contributed by atoms with E-state index in [1.165, 1.54) is 29.1 Å². The van der Waals surface area contributed by atoms with Gasteiger partial charge in [0, 0.05) is 41.3 Å². The molecule has 1 aliphatic carbocycles. The molecule has 2 heterocycles. The number of nitrogens with one attached hydrogen (secondary N) is 2. The van der Waals surface area contributed by atoms with E-state index in [-0.39, 0.29) is 24.1 Å². The molecule has 0 bridgehead atoms. The summed E-state index contributed by atoms with van der Waals surface area (Å²) in [6, 6.07) is 20.7. The van der Waals surface area contributed by atoms with Crippen LogP contribution in [0.15, 0.2) is 107 Å². The first-order valence-electron chi connectivity index (χ1n) is 12.1. The van der Waals surface area contributed by atoms with Crippen LogP contribution < -0.4 is 10.8 Å². The Kier molecular flexibility index (Phi) is 6.33. The number of aromatic nitrogens is 1. The number of aromatic carboxylic acids is 1. The predicted octanol–water partition coefficient (Wildman–Crippen LogP) is 5.03. The van der Waals surface area contributed by atoms with Crippen LogP contribution in [0.2, 0.25) is 0 Å². The van der Waals surface area contributed by atoms with Gasteiger partial charge in [-0.05, 0) is 57.2 Å². The van der Waals surface area contributed by atoms with Gasteiger partial charge in [0.2, 0.25) is 0 Å². The minimum Gasteiger partial charge on any atom is -0.478 e. The molecule has 3 aromatic carbocycles. The van der Waals surface area contributed by atoms with Gasteiger partial charge in [0.1, 0.15) is 5.76 Å². The molecule has 38 heavy (non-hydrogen) atoms. The van der Waals surface area contributed by atoms with E-state index in [0.717, 1.165) is 33.2 Å². The minimum absolute atomic E-state index is 0.203. The standard InChI is InChI=1S/C30H23N3O4S/c34-29(31-15-18-5-9-21(10-6-18)30(35)36)25-13-23(24-16-32-38-17-24)14-26-28(25)27(37-33-26)12-19-7-8-20-3-1-2-4-22(20)11-19/h1-11,13-14,16-17,26,33H,12,15H2,(H,31,34)(H,35,36). The van der Waals surface area contributed by atoms with Crippen molar-refractivity contribution in [2.75, 3.05) is 0 Å². The molecule has 0 saturated carbocycles. The lowest BCUT2D eigenvalue weighted by molar-refractivity contribution is -0.117. The third kappa shape index (κ3) is 4.74. The van der Waals surface area contributed by atoms with Crippen molar-refractivity contribution in [3.63, 3.8) is 0 Å². The molecule has 0 saturated heterocycles. The number of carbonyl (C=O) groups is 2. The van der Waals surface area contributed by atoms with Crippen LogP contribution >= 0.6 is 11.5 Å². The Balaban J connectivity index is 1.30. The fourth-order valence-electron chi connectivity index (χ4n) is 4.74. The second-order valence-electron chi connectivity index (χ2n) is 9.17. The minimum atomic E-state index is -0.985. The lowest BCUT2D eigenvalue weighted by atomic mass is 9.86. The highest BCUT2D eigenvalue weighted by atomic mass is 32.1. The maximum absolute atomic E-state index is 13.5. The van der Waals surface area contributed by atoms with Crippen molar-refractivity contribution in [1.29, 1.82) is 0 Å². The number of amides is 1. The highest BCUT2D eigenvalue weighted by molar-refractivity contribution is 7.03. The molecule has 1 unspecified atom stereocenters. The molecule has 7 nitrogen and oxygen atoms in total. The molecular weight excluding hydrogens is 498 g/mol. The van der Waals surface area contributed by atoms with Gasteiger partial charge in [-0.2, -0.15) is 0 Å². The molecule has 0 fully saturated rings. The zero-order valence-corrected chi connectivity index (χ0v) is 21.0. The van der Waals surface area contributed by atoms with E-state index in [2.05, 4.69) is 45.5 Å². The summed E-state index contributed by atoms with van der Waals surface area (Å²) in [4.78, 5) is 30.6. The Morgan fingerprint density at radius 3 is 2.58 bits per heavy atom. The Bertz CT molecular complexity index is 1640. The van der Waals surface area contributed by atoms with E-state index in [4.69, 9.17) is 9.94 Å². The van der Waals surface area contributed by atoms with Gasteiger partial charge in [0.15, 0.2) is 0 Å². The smallest absolute Gasteiger partial charge is 0.335 e. The number of benzene rings is 3. The van der Waals surface area contributed by atoms with Crippen molar-refractivity contribution in [3.8, 4) is 0 Å². The summed E-state index contributed by atoms with van der Waals surface area (Å²) in [6.07, 6.45) is 6.25. The van der Waals surface area contributed by atoms with Crippen molar-refractivity contribution >= 4 is 39.8 Å². The molecule has 4 aromatic rings. The summed E-state index contributed by atoms with van der Waals surface area (Å²) >= 11 is 1.36. The number of nitrogens with zero attached hydrogens (tertiary/aromatic N) is 1. The van der Waals surface area contributed by atoms with Gasteiger partial charge in [0.25, 0.3) is 5.91 Å². The van der Waals surface area contributed by atoms with Crippen molar-refractivity contribution < 1.29 is 19.5 Å². The highest BCUT2D eigenvalue weighted by Gasteiger charge is 2.35. The van der Waals surface area contributed by atoms with E-state index >= 15 is 0 Å². The molecule has 8 heteroatoms. The molecule has 6 rings (SSSR count). The van der Waals surface area contributed by atoms with Crippen LogP contribution in [-0.2, 0) is 22.6 Å². The number of carbonyl (C=O) groups excluding carboxylic acids is 1. The Labute approximate surface area is 222 Å². The van der Waals surface area contributed by atoms with Crippen LogP contribution in [0.3, 0.4) is 0 Å². The third-order valence-electron chi connectivity index (χ3n) is 6.70. The summed E-state index contributed by atoms with van der Waals surface area (Å²) in [5.41, 5.74) is 8.36. The maximum atomic E-state index is 13.5. The molecule has 1 aromatic heterocycles. The van der Waals surface area contributed by atoms with Gasteiger partial charge in [-0.25, -0.2) is 9.17 Å². The molecule has 3 N–H and O–H groups in total. The molecular formula is C30H23N3O4S. The average Bonchev–Trinajstić information content (AvgIpc) is 3.62. The van der Waals surface area contributed by atoms with Gasteiger partial charge >= 0.3 is 5.97 Å². The average molecular weight is 522 g/mol. The van der Waals surface area contributed by atoms with Crippen molar-refractivity contribution in [3.05, 3.63) is 130 Å². The molecule has 1 aliphatic heterocycles. The largest absolute Gasteiger partial charge is 0.478 e. The Hall–Kier alpha value is -4.53. The van der Waals surface area contributed by atoms with Gasteiger partial charge in [-0.3, -0.25) is 4.79 Å². The molecule has 2 aliphatic rings. The second-order valence-corrected chi connectivity index (χ2v) is 9.83. The Morgan fingerprint density at radius 2 is 1.82 bits per heavy atom. The van der Waals surface area contributed by atoms with Crippen LogP contribution in [-0.4, -0.2) is 27.4 Å². The molecule has 0 radical (unpaired) electrons. The quantitative estimate of drug-likeness (QED) is 0.315. The molecule has 0 spiro atoms. The Morgan fingerprint density at radius 1 is 1.03 bits per heavy atom. The van der Waals surface area contributed by atoms with Crippen LogP contribution in [0.25, 0.3) is 16.3 Å². The predicted molar refractivity (Wildman–Crippen MR) is 146 cm³/mol. The van der Waals surface area contributed by atoms with Crippen LogP contribution in [0.1, 0.15) is 27.0 Å². The molecule has 188 valence electrons. The third-order valence-corrected chi connectivity index (χ3v) is 7.29. The fourth-order valence-corrected chi connectivity index (χ4v) is 5.29. The number of carboxylic acid groups (broad SMARTS) is 1. The first-order chi connectivity index (χ1) is 18.5. The maximum Gasteiger partial charge on any atom is 0.335 e. The van der Waals surface area contributed by atoms with Gasteiger partial charge in [-0.1, -0.05) is 60.7 Å². The van der Waals surface area contributed by atoms with Crippen LogP contribution in [0.4, 0.5) is 0 Å².